The van der Waals surface area contributed by atoms with Crippen molar-refractivity contribution in [1.82, 2.24) is 4.98 Å². The van der Waals surface area contributed by atoms with E-state index in [9.17, 15) is 0 Å². The van der Waals surface area contributed by atoms with Crippen LogP contribution in [0.3, 0.4) is 0 Å². The molecule has 0 aliphatic carbocycles. The second-order valence-electron chi connectivity index (χ2n) is 4.21. The van der Waals surface area contributed by atoms with Crippen LogP contribution < -0.4 is 10.1 Å². The van der Waals surface area contributed by atoms with Gasteiger partial charge in [0.1, 0.15) is 5.75 Å². The molecule has 0 bridgehead atoms. The Morgan fingerprint density at radius 2 is 1.68 bits per heavy atom. The van der Waals surface area contributed by atoms with Crippen molar-refractivity contribution in [1.29, 1.82) is 0 Å². The lowest BCUT2D eigenvalue weighted by molar-refractivity contribution is 0.417. The van der Waals surface area contributed by atoms with Crippen LogP contribution in [0.4, 0.5) is 11.4 Å². The highest BCUT2D eigenvalue weighted by molar-refractivity contribution is 5.92. The van der Waals surface area contributed by atoms with Crippen LogP contribution in [0.25, 0.3) is 10.9 Å². The number of nitrogens with zero attached hydrogens (tertiary/aromatic N) is 1. The average Bonchev–Trinajstić information content (AvgIpc) is 2.48. The minimum absolute atomic E-state index is 0.815. The van der Waals surface area contributed by atoms with Gasteiger partial charge in [-0.2, -0.15) is 0 Å². The first kappa shape index (κ1) is 11.5. The number of hydrogen-bond acceptors (Lipinski definition) is 3. The molecule has 0 spiro atoms. The zero-order chi connectivity index (χ0) is 13.1. The third-order valence-electron chi connectivity index (χ3n) is 3.01. The van der Waals surface area contributed by atoms with Crippen molar-refractivity contribution in [3.8, 4) is 5.75 Å². The Kier molecular flexibility index (Phi) is 3.02. The fraction of sp³-hybridized carbons (Fsp3) is 0.0625. The van der Waals surface area contributed by atoms with Crippen LogP contribution in [-0.2, 0) is 0 Å². The minimum atomic E-state index is 0.815. The van der Waals surface area contributed by atoms with Gasteiger partial charge in [-0.15, -0.1) is 0 Å². The van der Waals surface area contributed by atoms with Gasteiger partial charge >= 0.3 is 0 Å². The summed E-state index contributed by atoms with van der Waals surface area (Å²) in [4.78, 5) is 4.43. The molecule has 19 heavy (non-hydrogen) atoms. The number of nitrogens with one attached hydrogen (secondary N) is 1. The number of ether oxygens (including phenoxy) is 1. The third-order valence-corrected chi connectivity index (χ3v) is 3.01. The van der Waals surface area contributed by atoms with Crippen molar-refractivity contribution in [3.05, 3.63) is 60.8 Å². The number of methoxy groups -OCH3 is 1. The zero-order valence-electron chi connectivity index (χ0n) is 10.6. The predicted octanol–water partition coefficient (Wildman–Crippen LogP) is 3.99. The molecular weight excluding hydrogens is 236 g/mol. The van der Waals surface area contributed by atoms with E-state index in [1.54, 1.807) is 13.3 Å². The molecule has 1 heterocycles. The van der Waals surface area contributed by atoms with Gasteiger partial charge in [-0.1, -0.05) is 30.3 Å². The molecule has 0 aliphatic rings. The molecule has 3 nitrogen and oxygen atoms in total. The molecule has 0 saturated carbocycles. The van der Waals surface area contributed by atoms with Crippen LogP contribution >= 0.6 is 0 Å². The second kappa shape index (κ2) is 4.98. The number of fused-ring (bicyclic) bond motifs is 1. The van der Waals surface area contributed by atoms with Gasteiger partial charge in [-0.05, 0) is 24.3 Å². The standard InChI is InChI=1S/C16H14N2O/c1-19-15-10-3-2-8-13(15)18-14-9-4-6-12-7-5-11-17-16(12)14/h2-11,18H,1H3. The van der Waals surface area contributed by atoms with Crippen molar-refractivity contribution in [2.45, 2.75) is 0 Å². The highest BCUT2D eigenvalue weighted by atomic mass is 16.5. The summed E-state index contributed by atoms with van der Waals surface area (Å²) in [6, 6.07) is 17.9. The summed E-state index contributed by atoms with van der Waals surface area (Å²) in [5.41, 5.74) is 2.86. The highest BCUT2D eigenvalue weighted by Gasteiger charge is 2.05. The van der Waals surface area contributed by atoms with Gasteiger partial charge in [0.25, 0.3) is 0 Å². The topological polar surface area (TPSA) is 34.1 Å². The van der Waals surface area contributed by atoms with Gasteiger partial charge in [-0.25, -0.2) is 0 Å². The lowest BCUT2D eigenvalue weighted by Crippen LogP contribution is -1.95. The Bertz CT molecular complexity index is 704. The van der Waals surface area contributed by atoms with Crippen LogP contribution in [0.2, 0.25) is 0 Å². The molecule has 0 atom stereocenters. The molecule has 3 rings (SSSR count). The molecule has 0 saturated heterocycles. The summed E-state index contributed by atoms with van der Waals surface area (Å²) in [7, 11) is 1.67. The van der Waals surface area contributed by atoms with Gasteiger partial charge in [0.15, 0.2) is 0 Å². The van der Waals surface area contributed by atoms with E-state index in [0.29, 0.717) is 0 Å². The summed E-state index contributed by atoms with van der Waals surface area (Å²) in [6.45, 7) is 0. The lowest BCUT2D eigenvalue weighted by Gasteiger charge is -2.12. The first-order chi connectivity index (χ1) is 9.38. The average molecular weight is 250 g/mol. The molecule has 0 radical (unpaired) electrons. The molecule has 94 valence electrons. The number of pyridine rings is 1. The van der Waals surface area contributed by atoms with Gasteiger partial charge in [0.05, 0.1) is 24.0 Å². The van der Waals surface area contributed by atoms with Crippen LogP contribution in [-0.4, -0.2) is 12.1 Å². The molecule has 2 aromatic carbocycles. The predicted molar refractivity (Wildman–Crippen MR) is 78.0 cm³/mol. The number of benzene rings is 2. The van der Waals surface area contributed by atoms with Gasteiger partial charge in [0.2, 0.25) is 0 Å². The van der Waals surface area contributed by atoms with E-state index in [2.05, 4.69) is 22.4 Å². The van der Waals surface area contributed by atoms with E-state index in [1.807, 2.05) is 42.5 Å². The van der Waals surface area contributed by atoms with Crippen molar-refractivity contribution in [2.75, 3.05) is 12.4 Å². The maximum absolute atomic E-state index is 5.35. The fourth-order valence-corrected chi connectivity index (χ4v) is 2.10. The molecule has 0 fully saturated rings. The normalized spacial score (nSPS) is 10.4. The smallest absolute Gasteiger partial charge is 0.142 e. The third kappa shape index (κ3) is 2.22. The summed E-state index contributed by atoms with van der Waals surface area (Å²) in [6.07, 6.45) is 1.80. The minimum Gasteiger partial charge on any atom is -0.495 e. The largest absolute Gasteiger partial charge is 0.495 e. The summed E-state index contributed by atoms with van der Waals surface area (Å²) < 4.78 is 5.35. The first-order valence-electron chi connectivity index (χ1n) is 6.12. The van der Waals surface area contributed by atoms with Crippen LogP contribution in [0.15, 0.2) is 60.8 Å². The first-order valence-corrected chi connectivity index (χ1v) is 6.12. The molecular formula is C16H14N2O. The highest BCUT2D eigenvalue weighted by Crippen LogP contribution is 2.29. The van der Waals surface area contributed by atoms with E-state index < -0.39 is 0 Å². The maximum Gasteiger partial charge on any atom is 0.142 e. The van der Waals surface area contributed by atoms with Crippen molar-refractivity contribution < 1.29 is 4.74 Å². The van der Waals surface area contributed by atoms with Crippen LogP contribution in [0.1, 0.15) is 0 Å². The molecule has 0 amide bonds. The molecule has 1 N–H and O–H groups in total. The van der Waals surface area contributed by atoms with Crippen LogP contribution in [0, 0.1) is 0 Å². The Morgan fingerprint density at radius 3 is 2.58 bits per heavy atom. The van der Waals surface area contributed by atoms with Gasteiger partial charge in [0, 0.05) is 11.6 Å². The molecule has 3 heteroatoms. The summed E-state index contributed by atoms with van der Waals surface area (Å²) in [5.74, 6) is 0.815. The van der Waals surface area contributed by atoms with E-state index >= 15 is 0 Å². The Labute approximate surface area is 111 Å². The maximum atomic E-state index is 5.35. The van der Waals surface area contributed by atoms with E-state index in [0.717, 1.165) is 28.0 Å². The molecule has 3 aromatic rings. The quantitative estimate of drug-likeness (QED) is 0.763. The number of anilines is 2. The van der Waals surface area contributed by atoms with E-state index in [1.165, 1.54) is 0 Å². The van der Waals surface area contributed by atoms with Crippen LogP contribution in [0.5, 0.6) is 5.75 Å². The van der Waals surface area contributed by atoms with Crippen molar-refractivity contribution >= 4 is 22.3 Å². The van der Waals surface area contributed by atoms with Gasteiger partial charge < -0.3 is 10.1 Å². The second-order valence-corrected chi connectivity index (χ2v) is 4.21. The van der Waals surface area contributed by atoms with Crippen molar-refractivity contribution in [3.63, 3.8) is 0 Å². The Morgan fingerprint density at radius 1 is 0.895 bits per heavy atom. The Hall–Kier alpha value is -2.55. The van der Waals surface area contributed by atoms with E-state index in [-0.39, 0.29) is 0 Å². The van der Waals surface area contributed by atoms with E-state index in [4.69, 9.17) is 4.74 Å². The monoisotopic (exact) mass is 250 g/mol. The zero-order valence-corrected chi connectivity index (χ0v) is 10.6. The van der Waals surface area contributed by atoms with Crippen molar-refractivity contribution in [2.24, 2.45) is 0 Å². The SMILES string of the molecule is COc1ccccc1Nc1cccc2cccnc12. The molecule has 1 aromatic heterocycles. The Balaban J connectivity index is 2.06. The summed E-state index contributed by atoms with van der Waals surface area (Å²) >= 11 is 0. The number of para-hydroxylation sites is 3. The summed E-state index contributed by atoms with van der Waals surface area (Å²) in [5, 5.41) is 4.49. The van der Waals surface area contributed by atoms with Gasteiger partial charge in [-0.3, -0.25) is 4.98 Å². The molecule has 0 unspecified atom stereocenters. The fourth-order valence-electron chi connectivity index (χ4n) is 2.10. The number of aromatic nitrogens is 1. The number of hydrogen-bond donors (Lipinski definition) is 1. The molecule has 0 aliphatic heterocycles. The number of rotatable bonds is 3. The lowest BCUT2D eigenvalue weighted by atomic mass is 10.2.